The number of benzene rings is 3. The standard InChI is InChI=1S/C62H85N3O17/c1-11-22-34(3)56(68)64-45-29-46(65-62(70)73-32-43-25-18-14-19-26-43)52(80-58-39(8)51(74-40(9)66)54-49(78-58)33-71-59(82-54)44-27-20-15-21-28-44)50(38(45)7)79-60-55(75-41(10)67)53(47(12-2)76-60)81-57-37(6)35(4)36(5)48(77-57)30-63-61(69)72-31-42-23-16-13-17-24-42/h13-21,23-28,34-39,45-55,57-60H,11-12,22,29-33H2,1-10H3,(H,63,69)(H,64,68)(H,65,70)/t34-,35-,36-,37+,38-,39+,45+,46-,47+,48-,49+,50+,51+,52+,53+,54+,55+,57+,58+,59?,60-/m0/s1. The summed E-state index contributed by atoms with van der Waals surface area (Å²) in [5.74, 6) is -3.00. The Kier molecular flexibility index (Phi) is 22.2. The lowest BCUT2D eigenvalue weighted by atomic mass is 9.77. The molecule has 4 heterocycles. The van der Waals surface area contributed by atoms with E-state index in [1.165, 1.54) is 13.8 Å². The van der Waals surface area contributed by atoms with Gasteiger partial charge in [0.1, 0.15) is 43.7 Å². The van der Waals surface area contributed by atoms with Crippen LogP contribution in [-0.2, 0) is 84.4 Å². The fraction of sp³-hybridized carbons (Fsp3) is 0.629. The molecule has 0 radical (unpaired) electrons. The molecular formula is C62H85N3O17. The Morgan fingerprint density at radius 3 is 1.77 bits per heavy atom. The highest BCUT2D eigenvalue weighted by Gasteiger charge is 2.57. The van der Waals surface area contributed by atoms with Gasteiger partial charge >= 0.3 is 24.1 Å². The fourth-order valence-corrected chi connectivity index (χ4v) is 11.8. The Bertz CT molecular complexity index is 2530. The predicted octanol–water partition coefficient (Wildman–Crippen LogP) is 8.43. The lowest BCUT2D eigenvalue weighted by Crippen LogP contribution is -2.66. The van der Waals surface area contributed by atoms with E-state index >= 15 is 0 Å². The van der Waals surface area contributed by atoms with E-state index in [0.717, 1.165) is 23.1 Å². The van der Waals surface area contributed by atoms with Crippen LogP contribution in [-0.4, -0.2) is 129 Å². The number of rotatable bonds is 21. The number of carbonyl (C=O) groups excluding carboxylic acids is 5. The maximum atomic E-state index is 14.1. The molecule has 5 aliphatic rings. The van der Waals surface area contributed by atoms with Crippen molar-refractivity contribution in [2.24, 2.45) is 35.5 Å². The minimum atomic E-state index is -1.29. The smallest absolute Gasteiger partial charge is 0.407 e. The quantitative estimate of drug-likeness (QED) is 0.0671. The Balaban J connectivity index is 1.09. The van der Waals surface area contributed by atoms with E-state index in [9.17, 15) is 24.0 Å². The molecule has 21 atom stereocenters. The van der Waals surface area contributed by atoms with Crippen LogP contribution in [0.15, 0.2) is 91.0 Å². The second-order valence-electron chi connectivity index (χ2n) is 22.8. The molecule has 450 valence electrons. The molecule has 20 heteroatoms. The molecule has 4 aliphatic heterocycles. The van der Waals surface area contributed by atoms with Gasteiger partial charge in [-0.3, -0.25) is 14.4 Å². The summed E-state index contributed by atoms with van der Waals surface area (Å²) in [5.41, 5.74) is 2.40. The molecule has 0 aromatic heterocycles. The van der Waals surface area contributed by atoms with E-state index in [-0.39, 0.29) is 62.4 Å². The third-order valence-corrected chi connectivity index (χ3v) is 16.9. The molecule has 3 amide bonds. The molecule has 5 fully saturated rings. The monoisotopic (exact) mass is 1140 g/mol. The topological polar surface area (TPSA) is 232 Å². The molecule has 0 spiro atoms. The van der Waals surface area contributed by atoms with Crippen molar-refractivity contribution < 1.29 is 80.8 Å². The number of carbonyl (C=O) groups is 5. The second-order valence-corrected chi connectivity index (χ2v) is 22.8. The van der Waals surface area contributed by atoms with E-state index in [0.29, 0.717) is 12.8 Å². The third kappa shape index (κ3) is 15.7. The summed E-state index contributed by atoms with van der Waals surface area (Å²) in [7, 11) is 0. The van der Waals surface area contributed by atoms with Crippen LogP contribution in [0.25, 0.3) is 0 Å². The minimum absolute atomic E-state index is 0.00198. The molecule has 1 aliphatic carbocycles. The molecule has 0 bridgehead atoms. The Labute approximate surface area is 481 Å². The first kappa shape index (κ1) is 62.3. The lowest BCUT2D eigenvalue weighted by Gasteiger charge is -2.51. The Morgan fingerprint density at radius 2 is 1.15 bits per heavy atom. The van der Waals surface area contributed by atoms with E-state index in [1.807, 2.05) is 133 Å². The summed E-state index contributed by atoms with van der Waals surface area (Å²) in [4.78, 5) is 67.3. The van der Waals surface area contributed by atoms with Crippen molar-refractivity contribution in [2.75, 3.05) is 13.2 Å². The molecule has 3 aromatic carbocycles. The zero-order valence-corrected chi connectivity index (χ0v) is 48.9. The van der Waals surface area contributed by atoms with Gasteiger partial charge in [0, 0.05) is 55.7 Å². The number of fused-ring (bicyclic) bond motifs is 1. The maximum Gasteiger partial charge on any atom is 0.407 e. The zero-order valence-electron chi connectivity index (χ0n) is 48.9. The number of nitrogens with one attached hydrogen (secondary N) is 3. The summed E-state index contributed by atoms with van der Waals surface area (Å²) >= 11 is 0. The van der Waals surface area contributed by atoms with Gasteiger partial charge in [-0.2, -0.15) is 0 Å². The first-order chi connectivity index (χ1) is 39.4. The van der Waals surface area contributed by atoms with Crippen molar-refractivity contribution in [1.29, 1.82) is 0 Å². The average molecular weight is 1140 g/mol. The highest BCUT2D eigenvalue weighted by molar-refractivity contribution is 5.78. The van der Waals surface area contributed by atoms with Crippen molar-refractivity contribution in [3.05, 3.63) is 108 Å². The van der Waals surface area contributed by atoms with Gasteiger partial charge in [-0.15, -0.1) is 0 Å². The molecule has 3 N–H and O–H groups in total. The highest BCUT2D eigenvalue weighted by atomic mass is 16.8. The third-order valence-electron chi connectivity index (χ3n) is 16.9. The predicted molar refractivity (Wildman–Crippen MR) is 297 cm³/mol. The summed E-state index contributed by atoms with van der Waals surface area (Å²) in [6, 6.07) is 26.5. The van der Waals surface area contributed by atoms with Gasteiger partial charge in [0.2, 0.25) is 5.91 Å². The lowest BCUT2D eigenvalue weighted by molar-refractivity contribution is -0.365. The highest BCUT2D eigenvalue weighted by Crippen LogP contribution is 2.43. The van der Waals surface area contributed by atoms with Gasteiger partial charge in [0.25, 0.3) is 0 Å². The van der Waals surface area contributed by atoms with Crippen molar-refractivity contribution in [2.45, 2.75) is 200 Å². The summed E-state index contributed by atoms with van der Waals surface area (Å²) < 4.78 is 77.9. The van der Waals surface area contributed by atoms with Crippen LogP contribution in [0.2, 0.25) is 0 Å². The van der Waals surface area contributed by atoms with Gasteiger partial charge in [0.05, 0.1) is 31.0 Å². The molecule has 4 saturated heterocycles. The fourth-order valence-electron chi connectivity index (χ4n) is 11.8. The van der Waals surface area contributed by atoms with E-state index < -0.39 is 128 Å². The molecule has 8 rings (SSSR count). The largest absolute Gasteiger partial charge is 0.459 e. The molecule has 20 nitrogen and oxygen atoms in total. The average Bonchev–Trinajstić information content (AvgIpc) is 3.13. The minimum Gasteiger partial charge on any atom is -0.459 e. The SMILES string of the molecule is CCC[C@H](C)C(=O)N[C@@H]1C[C@H](NC(=O)OCc2ccccc2)[C@@H](O[C@H]2O[C@@H]3COC(c4ccccc4)O[C@H]3[C@H](OC(C)=O)[C@H]2C)[C@H](O[C@@H]2O[C@H](CC)[C@@H](O[C@H]3O[C@@H](CNC(=O)OCc4ccccc4)[C@@H](C)[C@H](C)[C@H]3C)[C@H]2OC(C)=O)[C@H]1C. The number of hydrogen-bond acceptors (Lipinski definition) is 17. The van der Waals surface area contributed by atoms with Crippen LogP contribution in [0.3, 0.4) is 0 Å². The van der Waals surface area contributed by atoms with E-state index in [4.69, 9.17) is 56.8 Å². The number of hydrogen-bond donors (Lipinski definition) is 3. The zero-order chi connectivity index (χ0) is 58.6. The van der Waals surface area contributed by atoms with Gasteiger partial charge in [-0.1, -0.05) is 153 Å². The summed E-state index contributed by atoms with van der Waals surface area (Å²) in [5, 5.41) is 9.20. The maximum absolute atomic E-state index is 14.1. The summed E-state index contributed by atoms with van der Waals surface area (Å²) in [6.07, 6.45) is -11.1. The second kappa shape index (κ2) is 29.2. The van der Waals surface area contributed by atoms with Crippen LogP contribution in [0.1, 0.15) is 118 Å². The van der Waals surface area contributed by atoms with Gasteiger partial charge < -0.3 is 72.8 Å². The molecule has 1 saturated carbocycles. The number of amides is 3. The van der Waals surface area contributed by atoms with Crippen molar-refractivity contribution in [3.8, 4) is 0 Å². The normalized spacial score (nSPS) is 34.8. The van der Waals surface area contributed by atoms with Crippen LogP contribution >= 0.6 is 0 Å². The van der Waals surface area contributed by atoms with Crippen molar-refractivity contribution >= 4 is 30.0 Å². The number of ether oxygens (including phenoxy) is 12. The number of esters is 2. The first-order valence-electron chi connectivity index (χ1n) is 29.2. The summed E-state index contributed by atoms with van der Waals surface area (Å²) in [6.45, 7) is 18.7. The van der Waals surface area contributed by atoms with Crippen LogP contribution in [0, 0.1) is 35.5 Å². The van der Waals surface area contributed by atoms with E-state index in [2.05, 4.69) is 29.8 Å². The number of alkyl carbamates (subject to hydrolysis) is 2. The van der Waals surface area contributed by atoms with Gasteiger partial charge in [-0.05, 0) is 42.2 Å². The van der Waals surface area contributed by atoms with Gasteiger partial charge in [0.15, 0.2) is 31.3 Å². The van der Waals surface area contributed by atoms with Gasteiger partial charge in [-0.25, -0.2) is 9.59 Å². The van der Waals surface area contributed by atoms with Crippen LogP contribution in [0.5, 0.6) is 0 Å². The molecule has 1 unspecified atom stereocenters. The molecular weight excluding hydrogens is 1060 g/mol. The van der Waals surface area contributed by atoms with Crippen molar-refractivity contribution in [1.82, 2.24) is 16.0 Å². The van der Waals surface area contributed by atoms with Crippen molar-refractivity contribution in [3.63, 3.8) is 0 Å². The Hall–Kier alpha value is -5.71. The molecule has 3 aromatic rings. The van der Waals surface area contributed by atoms with Crippen LogP contribution < -0.4 is 16.0 Å². The first-order valence-corrected chi connectivity index (χ1v) is 29.2. The molecule has 82 heavy (non-hydrogen) atoms. The van der Waals surface area contributed by atoms with E-state index in [1.54, 1.807) is 0 Å². The van der Waals surface area contributed by atoms with Crippen LogP contribution in [0.4, 0.5) is 9.59 Å². The Morgan fingerprint density at radius 1 is 0.573 bits per heavy atom.